The number of carbonyl (C=O) groups excluding carboxylic acids is 2. The largest absolute Gasteiger partial charge is 0.362 e. The summed E-state index contributed by atoms with van der Waals surface area (Å²) in [6.07, 6.45) is 1.80. The topological polar surface area (TPSA) is 104 Å². The van der Waals surface area contributed by atoms with E-state index in [2.05, 4.69) is 5.32 Å². The highest BCUT2D eigenvalue weighted by Crippen LogP contribution is 2.33. The molecule has 1 unspecified atom stereocenters. The number of thioether (sulfide) groups is 2. The maximum Gasteiger partial charge on any atom is 0.362 e. The van der Waals surface area contributed by atoms with E-state index in [0.717, 1.165) is 5.56 Å². The second-order valence-electron chi connectivity index (χ2n) is 4.77. The van der Waals surface area contributed by atoms with E-state index in [1.807, 2.05) is 6.07 Å². The van der Waals surface area contributed by atoms with Gasteiger partial charge in [-0.1, -0.05) is 54.3 Å². The number of thiocarbonyl (C=S) groups is 1. The lowest BCUT2D eigenvalue weighted by Crippen LogP contribution is -2.65. The van der Waals surface area contributed by atoms with Crippen LogP contribution >= 0.6 is 35.7 Å². The maximum atomic E-state index is 12.5. The molecule has 130 valence electrons. The number of hydrogen-bond donors (Lipinski definition) is 2. The fourth-order valence-corrected chi connectivity index (χ4v) is 4.32. The summed E-state index contributed by atoms with van der Waals surface area (Å²) in [6, 6.07) is 7.95. The normalized spacial score (nSPS) is 18.7. The van der Waals surface area contributed by atoms with E-state index in [4.69, 9.17) is 16.8 Å². The van der Waals surface area contributed by atoms with Crippen molar-refractivity contribution in [3.8, 4) is 0 Å². The second kappa shape index (κ2) is 7.83. The van der Waals surface area contributed by atoms with Gasteiger partial charge in [0, 0.05) is 0 Å². The molecule has 7 nitrogen and oxygen atoms in total. The van der Waals surface area contributed by atoms with Gasteiger partial charge in [0.1, 0.15) is 14.8 Å². The summed E-state index contributed by atoms with van der Waals surface area (Å²) in [4.78, 5) is 24.2. The number of β-lactam (4-membered cyclic amide) rings is 1. The first-order chi connectivity index (χ1) is 11.2. The fourth-order valence-electron chi connectivity index (χ4n) is 2.00. The van der Waals surface area contributed by atoms with Crippen LogP contribution in [0.1, 0.15) is 10.8 Å². The molecule has 0 bridgehead atoms. The average Bonchev–Trinajstić information content (AvgIpc) is 2.54. The Kier molecular flexibility index (Phi) is 6.26. The van der Waals surface area contributed by atoms with Crippen LogP contribution in [0.3, 0.4) is 0 Å². The number of amides is 2. The van der Waals surface area contributed by atoms with Crippen LogP contribution in [0.5, 0.6) is 0 Å². The second-order valence-corrected chi connectivity index (χ2v) is 9.22. The van der Waals surface area contributed by atoms with Gasteiger partial charge in [-0.15, -0.1) is 11.8 Å². The van der Waals surface area contributed by atoms with Crippen molar-refractivity contribution in [1.82, 2.24) is 9.62 Å². The maximum absolute atomic E-state index is 12.5. The number of nitrogens with one attached hydrogen (secondary N) is 1. The van der Waals surface area contributed by atoms with Gasteiger partial charge >= 0.3 is 10.3 Å². The minimum absolute atomic E-state index is 0.289. The molecule has 2 atom stereocenters. The Bertz CT molecular complexity index is 753. The van der Waals surface area contributed by atoms with E-state index in [0.29, 0.717) is 7.83 Å². The third-order valence-electron chi connectivity index (χ3n) is 3.21. The summed E-state index contributed by atoms with van der Waals surface area (Å²) in [5, 5.41) is 1.85. The zero-order chi connectivity index (χ0) is 17.9. The monoisotopic (exact) mass is 406 g/mol. The van der Waals surface area contributed by atoms with Gasteiger partial charge in [0.05, 0.1) is 6.54 Å². The molecule has 0 spiro atoms. The lowest BCUT2D eigenvalue weighted by Gasteiger charge is -2.36. The number of carbonyl (C=O) groups is 2. The van der Waals surface area contributed by atoms with E-state index in [-0.39, 0.29) is 6.54 Å². The smallest absolute Gasteiger partial charge is 0.341 e. The Morgan fingerprint density at radius 2 is 2.04 bits per heavy atom. The third kappa shape index (κ3) is 4.48. The summed E-state index contributed by atoms with van der Waals surface area (Å²) in [5.41, 5.74) is 0.717. The molecule has 1 aliphatic heterocycles. The van der Waals surface area contributed by atoms with Gasteiger partial charge in [0.25, 0.3) is 5.91 Å². The summed E-state index contributed by atoms with van der Waals surface area (Å²) >= 11 is 7.67. The Balaban J connectivity index is 2.09. The molecule has 11 heteroatoms. The molecule has 0 radical (unpaired) electrons. The van der Waals surface area contributed by atoms with Crippen LogP contribution in [0.4, 0.5) is 0 Å². The summed E-state index contributed by atoms with van der Waals surface area (Å²) < 4.78 is 31.5. The van der Waals surface area contributed by atoms with Gasteiger partial charge in [-0.3, -0.25) is 14.1 Å². The molecule has 1 fully saturated rings. The van der Waals surface area contributed by atoms with Crippen LogP contribution in [0.15, 0.2) is 30.3 Å². The molecule has 24 heavy (non-hydrogen) atoms. The molecular weight excluding hydrogens is 392 g/mol. The number of nitrogens with zero attached hydrogens (tertiary/aromatic N) is 1. The average molecular weight is 407 g/mol. The molecule has 0 aliphatic carbocycles. The van der Waals surface area contributed by atoms with Crippen LogP contribution in [0.2, 0.25) is 0 Å². The fraction of sp³-hybridized carbons (Fsp3) is 0.308. The zero-order valence-corrected chi connectivity index (χ0v) is 15.7. The van der Waals surface area contributed by atoms with E-state index < -0.39 is 33.4 Å². The predicted octanol–water partition coefficient (Wildman–Crippen LogP) is 1.24. The highest BCUT2D eigenvalue weighted by Gasteiger charge is 2.45. The standard InChI is InChI=1S/C13H14N2O5S4/c1-22-13(21)23-10(8-5-3-2-4-6-8)11(16)14-9-7-15(12(9)17)24(18,19)20/h2-6,9-10H,7H2,1H3,(H,14,16)(H,18,19,20)/t9-,10?/m0/s1. The summed E-state index contributed by atoms with van der Waals surface area (Å²) in [6.45, 7) is -0.289. The van der Waals surface area contributed by atoms with Gasteiger partial charge in [-0.25, -0.2) is 4.31 Å². The van der Waals surface area contributed by atoms with E-state index >= 15 is 0 Å². The van der Waals surface area contributed by atoms with Crippen molar-refractivity contribution in [3.05, 3.63) is 35.9 Å². The lowest BCUT2D eigenvalue weighted by atomic mass is 10.1. The van der Waals surface area contributed by atoms with Gasteiger partial charge in [0.15, 0.2) is 0 Å². The molecule has 1 aromatic rings. The third-order valence-corrected chi connectivity index (χ3v) is 6.92. The van der Waals surface area contributed by atoms with E-state index in [1.165, 1.54) is 23.5 Å². The van der Waals surface area contributed by atoms with Crippen LogP contribution in [-0.2, 0) is 19.9 Å². The number of hydrogen-bond acceptors (Lipinski definition) is 7. The van der Waals surface area contributed by atoms with Crippen LogP contribution < -0.4 is 5.32 Å². The first kappa shape index (κ1) is 19.2. The van der Waals surface area contributed by atoms with Gasteiger partial charge in [-0.2, -0.15) is 8.42 Å². The highest BCUT2D eigenvalue weighted by molar-refractivity contribution is 8.47. The van der Waals surface area contributed by atoms with Crippen molar-refractivity contribution in [3.63, 3.8) is 0 Å². The van der Waals surface area contributed by atoms with Crippen molar-refractivity contribution >= 4 is 61.4 Å². The molecule has 0 saturated carbocycles. The first-order valence-electron chi connectivity index (χ1n) is 6.63. The quantitative estimate of drug-likeness (QED) is 0.428. The summed E-state index contributed by atoms with van der Waals surface area (Å²) in [7, 11) is -4.58. The van der Waals surface area contributed by atoms with Gasteiger partial charge in [-0.05, 0) is 11.8 Å². The lowest BCUT2D eigenvalue weighted by molar-refractivity contribution is -0.140. The summed E-state index contributed by atoms with van der Waals surface area (Å²) in [5.74, 6) is -1.31. The first-order valence-corrected chi connectivity index (χ1v) is 10.5. The highest BCUT2D eigenvalue weighted by atomic mass is 32.2. The van der Waals surface area contributed by atoms with Gasteiger partial charge < -0.3 is 5.32 Å². The van der Waals surface area contributed by atoms with Gasteiger partial charge in [0.2, 0.25) is 5.91 Å². The molecule has 0 aromatic heterocycles. The minimum atomic E-state index is -4.58. The van der Waals surface area contributed by atoms with E-state index in [9.17, 15) is 18.0 Å². The Morgan fingerprint density at radius 3 is 2.54 bits per heavy atom. The Hall–Kier alpha value is -1.14. The molecule has 1 saturated heterocycles. The molecule has 2 rings (SSSR count). The van der Waals surface area contributed by atoms with Crippen molar-refractivity contribution < 1.29 is 22.6 Å². The SMILES string of the molecule is CSC(=S)SC(C(=O)N[C@H]1CN(S(=O)(=O)O)C1=O)c1ccccc1. The predicted molar refractivity (Wildman–Crippen MR) is 98.1 cm³/mol. The van der Waals surface area contributed by atoms with Crippen LogP contribution in [-0.4, -0.2) is 51.5 Å². The molecule has 2 amide bonds. The minimum Gasteiger partial charge on any atom is -0.341 e. The van der Waals surface area contributed by atoms with Crippen LogP contribution in [0.25, 0.3) is 0 Å². The van der Waals surface area contributed by atoms with Crippen molar-refractivity contribution in [2.75, 3.05) is 12.8 Å². The van der Waals surface area contributed by atoms with Crippen molar-refractivity contribution in [1.29, 1.82) is 0 Å². The van der Waals surface area contributed by atoms with Crippen LogP contribution in [0, 0.1) is 0 Å². The molecule has 2 N–H and O–H groups in total. The molecule has 1 aliphatic rings. The zero-order valence-electron chi connectivity index (χ0n) is 12.4. The molecular formula is C13H14N2O5S4. The Labute approximate surface area is 153 Å². The number of rotatable bonds is 5. The van der Waals surface area contributed by atoms with E-state index in [1.54, 1.807) is 30.5 Å². The van der Waals surface area contributed by atoms with Crippen molar-refractivity contribution in [2.45, 2.75) is 11.3 Å². The molecule has 1 aromatic carbocycles. The number of benzene rings is 1. The molecule has 1 heterocycles. The Morgan fingerprint density at radius 1 is 1.42 bits per heavy atom. The van der Waals surface area contributed by atoms with Crippen molar-refractivity contribution in [2.24, 2.45) is 0 Å².